The van der Waals surface area contributed by atoms with Crippen molar-refractivity contribution in [1.29, 1.82) is 0 Å². The van der Waals surface area contributed by atoms with Crippen molar-refractivity contribution in [3.63, 3.8) is 0 Å². The highest BCUT2D eigenvalue weighted by Crippen LogP contribution is 2.25. The molecular formula is C19H25NO4. The summed E-state index contributed by atoms with van der Waals surface area (Å²) in [5.74, 6) is -0.0914. The van der Waals surface area contributed by atoms with Gasteiger partial charge in [0.25, 0.3) is 0 Å². The van der Waals surface area contributed by atoms with Crippen LogP contribution in [0.2, 0.25) is 0 Å². The fourth-order valence-corrected chi connectivity index (χ4v) is 3.69. The first-order chi connectivity index (χ1) is 11.6. The van der Waals surface area contributed by atoms with E-state index in [1.807, 2.05) is 24.3 Å². The fraction of sp³-hybridized carbons (Fsp3) is 0.579. The third-order valence-corrected chi connectivity index (χ3v) is 4.99. The number of likely N-dealkylation sites (tertiary alicyclic amines) is 1. The van der Waals surface area contributed by atoms with E-state index >= 15 is 0 Å². The third-order valence-electron chi connectivity index (χ3n) is 4.99. The van der Waals surface area contributed by atoms with Gasteiger partial charge in [0, 0.05) is 13.0 Å². The van der Waals surface area contributed by atoms with Gasteiger partial charge < -0.3 is 14.7 Å². The van der Waals surface area contributed by atoms with E-state index in [9.17, 15) is 14.7 Å². The molecule has 1 aromatic rings. The van der Waals surface area contributed by atoms with Crippen molar-refractivity contribution in [3.05, 3.63) is 29.8 Å². The smallest absolute Gasteiger partial charge is 0.326 e. The Morgan fingerprint density at radius 3 is 2.71 bits per heavy atom. The molecule has 1 heterocycles. The van der Waals surface area contributed by atoms with Crippen molar-refractivity contribution >= 4 is 11.9 Å². The average Bonchev–Trinajstić information content (AvgIpc) is 3.24. The van der Waals surface area contributed by atoms with E-state index in [2.05, 4.69) is 0 Å². The zero-order valence-electron chi connectivity index (χ0n) is 13.9. The number of carboxylic acids is 1. The van der Waals surface area contributed by atoms with Crippen LogP contribution in [0.1, 0.15) is 50.5 Å². The molecule has 1 amide bonds. The summed E-state index contributed by atoms with van der Waals surface area (Å²) in [5, 5.41) is 9.18. The topological polar surface area (TPSA) is 66.8 Å². The van der Waals surface area contributed by atoms with Crippen LogP contribution in [-0.2, 0) is 16.0 Å². The second-order valence-electron chi connectivity index (χ2n) is 6.76. The standard InChI is InChI=1S/C19H25NO4/c21-18(20-12-4-9-17(20)19(22)23)11-10-14-5-3-8-16(13-14)24-15-6-1-2-7-15/h3,5,8,13,15,17H,1-2,4,6-7,9-12H2,(H,22,23)/t17-/m1/s1. The number of hydrogen-bond acceptors (Lipinski definition) is 3. The van der Waals surface area contributed by atoms with Gasteiger partial charge in [-0.2, -0.15) is 0 Å². The summed E-state index contributed by atoms with van der Waals surface area (Å²) in [7, 11) is 0. The van der Waals surface area contributed by atoms with Crippen molar-refractivity contribution in [1.82, 2.24) is 4.90 Å². The summed E-state index contributed by atoms with van der Waals surface area (Å²) in [5.41, 5.74) is 1.06. The lowest BCUT2D eigenvalue weighted by Crippen LogP contribution is -2.40. The van der Waals surface area contributed by atoms with E-state index < -0.39 is 12.0 Å². The molecule has 2 fully saturated rings. The minimum atomic E-state index is -0.896. The number of carboxylic acid groups (broad SMARTS) is 1. The Labute approximate surface area is 142 Å². The van der Waals surface area contributed by atoms with Crippen LogP contribution in [0.15, 0.2) is 24.3 Å². The monoisotopic (exact) mass is 331 g/mol. The SMILES string of the molecule is O=C(O)[C@H]1CCCN1C(=O)CCc1cccc(OC2CCCC2)c1. The number of carbonyl (C=O) groups is 2. The molecule has 0 spiro atoms. The molecule has 1 atom stereocenters. The molecular weight excluding hydrogens is 306 g/mol. The maximum absolute atomic E-state index is 12.3. The van der Waals surface area contributed by atoms with Gasteiger partial charge in [-0.25, -0.2) is 4.79 Å². The lowest BCUT2D eigenvalue weighted by molar-refractivity contribution is -0.148. The Morgan fingerprint density at radius 2 is 1.96 bits per heavy atom. The van der Waals surface area contributed by atoms with Crippen molar-refractivity contribution < 1.29 is 19.4 Å². The van der Waals surface area contributed by atoms with Crippen LogP contribution in [-0.4, -0.2) is 40.6 Å². The molecule has 0 radical (unpaired) electrons. The average molecular weight is 331 g/mol. The fourth-order valence-electron chi connectivity index (χ4n) is 3.69. The summed E-state index contributed by atoms with van der Waals surface area (Å²) in [6, 6.07) is 7.27. The largest absolute Gasteiger partial charge is 0.490 e. The van der Waals surface area contributed by atoms with Crippen LogP contribution in [0.5, 0.6) is 5.75 Å². The molecule has 130 valence electrons. The van der Waals surface area contributed by atoms with Crippen LogP contribution in [0, 0.1) is 0 Å². The molecule has 24 heavy (non-hydrogen) atoms. The molecule has 1 aliphatic heterocycles. The van der Waals surface area contributed by atoms with Crippen molar-refractivity contribution in [2.45, 2.75) is 63.5 Å². The van der Waals surface area contributed by atoms with Crippen molar-refractivity contribution in [2.24, 2.45) is 0 Å². The molecule has 0 bridgehead atoms. The van der Waals surface area contributed by atoms with Gasteiger partial charge in [0.05, 0.1) is 6.10 Å². The Balaban J connectivity index is 1.54. The van der Waals surface area contributed by atoms with Gasteiger partial charge in [-0.1, -0.05) is 12.1 Å². The van der Waals surface area contributed by atoms with E-state index in [-0.39, 0.29) is 5.91 Å². The molecule has 5 nitrogen and oxygen atoms in total. The molecule has 1 aromatic carbocycles. The lowest BCUT2D eigenvalue weighted by atomic mass is 10.1. The lowest BCUT2D eigenvalue weighted by Gasteiger charge is -2.21. The predicted molar refractivity (Wildman–Crippen MR) is 90.0 cm³/mol. The number of ether oxygens (including phenoxy) is 1. The first-order valence-electron chi connectivity index (χ1n) is 8.91. The minimum Gasteiger partial charge on any atom is -0.490 e. The van der Waals surface area contributed by atoms with E-state index in [1.165, 1.54) is 17.7 Å². The van der Waals surface area contributed by atoms with Crippen LogP contribution in [0.25, 0.3) is 0 Å². The highest BCUT2D eigenvalue weighted by molar-refractivity contribution is 5.84. The molecule has 1 saturated carbocycles. The number of carbonyl (C=O) groups excluding carboxylic acids is 1. The maximum Gasteiger partial charge on any atom is 0.326 e. The quantitative estimate of drug-likeness (QED) is 0.870. The molecule has 1 aliphatic carbocycles. The van der Waals surface area contributed by atoms with Gasteiger partial charge in [0.2, 0.25) is 5.91 Å². The van der Waals surface area contributed by atoms with Gasteiger partial charge >= 0.3 is 5.97 Å². The van der Waals surface area contributed by atoms with Gasteiger partial charge in [0.15, 0.2) is 0 Å². The van der Waals surface area contributed by atoms with Crippen LogP contribution >= 0.6 is 0 Å². The molecule has 1 saturated heterocycles. The number of benzene rings is 1. The summed E-state index contributed by atoms with van der Waals surface area (Å²) in [6.45, 7) is 0.556. The van der Waals surface area contributed by atoms with E-state index in [0.717, 1.165) is 30.6 Å². The molecule has 0 aromatic heterocycles. The van der Waals surface area contributed by atoms with E-state index in [4.69, 9.17) is 4.74 Å². The molecule has 2 aliphatic rings. The predicted octanol–water partition coefficient (Wildman–Crippen LogP) is 3.02. The second-order valence-corrected chi connectivity index (χ2v) is 6.76. The highest BCUT2D eigenvalue weighted by atomic mass is 16.5. The number of aliphatic carboxylic acids is 1. The number of amides is 1. The molecule has 3 rings (SSSR count). The van der Waals surface area contributed by atoms with Gasteiger partial charge in [-0.3, -0.25) is 4.79 Å². The Bertz CT molecular complexity index is 595. The van der Waals surface area contributed by atoms with E-state index in [1.54, 1.807) is 0 Å². The first-order valence-corrected chi connectivity index (χ1v) is 8.91. The summed E-state index contributed by atoms with van der Waals surface area (Å²) < 4.78 is 6.00. The Kier molecular flexibility index (Phi) is 5.38. The minimum absolute atomic E-state index is 0.0676. The molecule has 0 unspecified atom stereocenters. The number of rotatable bonds is 6. The van der Waals surface area contributed by atoms with Crippen molar-refractivity contribution in [3.8, 4) is 5.75 Å². The third kappa shape index (κ3) is 4.08. The molecule has 5 heteroatoms. The van der Waals surface area contributed by atoms with Gasteiger partial charge in [0.1, 0.15) is 11.8 Å². The van der Waals surface area contributed by atoms with Crippen LogP contribution in [0.3, 0.4) is 0 Å². The number of aryl methyl sites for hydroxylation is 1. The number of hydrogen-bond donors (Lipinski definition) is 1. The zero-order chi connectivity index (χ0) is 16.9. The van der Waals surface area contributed by atoms with Gasteiger partial charge in [-0.05, 0) is 62.6 Å². The second kappa shape index (κ2) is 7.69. The Morgan fingerprint density at radius 1 is 1.17 bits per heavy atom. The Hall–Kier alpha value is -2.04. The van der Waals surface area contributed by atoms with Crippen LogP contribution < -0.4 is 4.74 Å². The number of nitrogens with zero attached hydrogens (tertiary/aromatic N) is 1. The van der Waals surface area contributed by atoms with Crippen molar-refractivity contribution in [2.75, 3.05) is 6.54 Å². The summed E-state index contributed by atoms with van der Waals surface area (Å²) in [4.78, 5) is 25.0. The van der Waals surface area contributed by atoms with E-state index in [0.29, 0.717) is 31.9 Å². The van der Waals surface area contributed by atoms with Crippen LogP contribution in [0.4, 0.5) is 0 Å². The summed E-state index contributed by atoms with van der Waals surface area (Å²) in [6.07, 6.45) is 7.32. The molecule has 1 N–H and O–H groups in total. The first kappa shape index (κ1) is 16.8. The maximum atomic E-state index is 12.3. The normalized spacial score (nSPS) is 21.2. The highest BCUT2D eigenvalue weighted by Gasteiger charge is 2.33. The summed E-state index contributed by atoms with van der Waals surface area (Å²) >= 11 is 0. The zero-order valence-corrected chi connectivity index (χ0v) is 13.9. The van der Waals surface area contributed by atoms with Gasteiger partial charge in [-0.15, -0.1) is 0 Å².